The zero-order valence-electron chi connectivity index (χ0n) is 13.1. The number of hydrogen-bond donors (Lipinski definition) is 0. The van der Waals surface area contributed by atoms with Gasteiger partial charge in [0, 0.05) is 45.2 Å². The van der Waals surface area contributed by atoms with Gasteiger partial charge in [0.25, 0.3) is 0 Å². The van der Waals surface area contributed by atoms with Crippen LogP contribution >= 0.6 is 23.0 Å². The first-order valence-electron chi connectivity index (χ1n) is 8.02. The largest absolute Gasteiger partial charge is 0.378 e. The zero-order valence-corrected chi connectivity index (χ0v) is 15.2. The van der Waals surface area contributed by atoms with Crippen molar-refractivity contribution in [1.29, 1.82) is 0 Å². The number of rotatable bonds is 6. The van der Waals surface area contributed by atoms with E-state index in [1.165, 1.54) is 5.56 Å². The molecule has 0 aromatic carbocycles. The summed E-state index contributed by atoms with van der Waals surface area (Å²) in [5.41, 5.74) is 1.25. The second kappa shape index (κ2) is 7.90. The van der Waals surface area contributed by atoms with Gasteiger partial charge in [-0.15, -0.1) is 0 Å². The quantitative estimate of drug-likeness (QED) is 0.665. The van der Waals surface area contributed by atoms with E-state index < -0.39 is 0 Å². The molecule has 22 heavy (non-hydrogen) atoms. The van der Waals surface area contributed by atoms with Crippen LogP contribution in [0.1, 0.15) is 18.4 Å². The molecule has 1 aromatic heterocycles. The molecule has 1 aromatic rings. The second-order valence-electron chi connectivity index (χ2n) is 6.24. The third-order valence-corrected chi connectivity index (χ3v) is 5.28. The Bertz CT molecular complexity index is 457. The summed E-state index contributed by atoms with van der Waals surface area (Å²) in [6.07, 6.45) is 5.77. The summed E-state index contributed by atoms with van der Waals surface area (Å²) >= 11 is 1.97. The Morgan fingerprint density at radius 3 is 2.59 bits per heavy atom. The molecule has 0 N–H and O–H groups in total. The van der Waals surface area contributed by atoms with Crippen LogP contribution in [0.15, 0.2) is 18.3 Å². The molecule has 122 valence electrons. The fourth-order valence-electron chi connectivity index (χ4n) is 2.86. The molecule has 5 nitrogen and oxygen atoms in total. The lowest BCUT2D eigenvalue weighted by Crippen LogP contribution is -2.44. The molecule has 0 unspecified atom stereocenters. The van der Waals surface area contributed by atoms with Crippen molar-refractivity contribution in [3.05, 3.63) is 23.9 Å². The van der Waals surface area contributed by atoms with Crippen LogP contribution in [0.5, 0.6) is 0 Å². The number of pyridine rings is 1. The molecule has 2 heterocycles. The van der Waals surface area contributed by atoms with Crippen LogP contribution in [0.2, 0.25) is 0 Å². The van der Waals surface area contributed by atoms with Crippen molar-refractivity contribution in [3.63, 3.8) is 0 Å². The monoisotopic (exact) mass is 417 g/mol. The summed E-state index contributed by atoms with van der Waals surface area (Å²) in [5.74, 6) is 1.10. The number of halogens is 1. The zero-order chi connectivity index (χ0) is 15.4. The molecular weight excluding hydrogens is 393 g/mol. The molecular formula is C16H24IN3O2. The van der Waals surface area contributed by atoms with E-state index in [0.29, 0.717) is 12.2 Å². The molecule has 1 aliphatic heterocycles. The lowest BCUT2D eigenvalue weighted by atomic mass is 9.92. The molecule has 6 heteroatoms. The Hall–Kier alpha value is -0.440. The highest BCUT2D eigenvalue weighted by atomic mass is 127. The first kappa shape index (κ1) is 16.4. The standard InChI is InChI=1S/C16H24IN3O2/c1-19-5-7-20(8-6-19)16-3-2-13(12-18-16)4-9-21-14-10-15(11-14)22-17/h2-3,12,14-15H,4-11H2,1H3. The fraction of sp³-hybridized carbons (Fsp3) is 0.688. The van der Waals surface area contributed by atoms with E-state index in [4.69, 9.17) is 7.80 Å². The highest BCUT2D eigenvalue weighted by molar-refractivity contribution is 14.1. The molecule has 0 bridgehead atoms. The normalized spacial score (nSPS) is 26.0. The molecule has 1 saturated carbocycles. The van der Waals surface area contributed by atoms with Crippen LogP contribution in [-0.4, -0.2) is 61.9 Å². The van der Waals surface area contributed by atoms with Crippen molar-refractivity contribution in [2.75, 3.05) is 44.7 Å². The molecule has 2 fully saturated rings. The molecule has 0 radical (unpaired) electrons. The van der Waals surface area contributed by atoms with E-state index in [0.717, 1.165) is 57.9 Å². The minimum atomic E-state index is 0.386. The van der Waals surface area contributed by atoms with Gasteiger partial charge in [-0.25, -0.2) is 4.98 Å². The maximum absolute atomic E-state index is 5.85. The minimum absolute atomic E-state index is 0.386. The van der Waals surface area contributed by atoms with Gasteiger partial charge in [0.05, 0.1) is 18.8 Å². The van der Waals surface area contributed by atoms with Crippen molar-refractivity contribution in [2.45, 2.75) is 31.5 Å². The summed E-state index contributed by atoms with van der Waals surface area (Å²) < 4.78 is 11.1. The predicted molar refractivity (Wildman–Crippen MR) is 95.5 cm³/mol. The van der Waals surface area contributed by atoms with E-state index in [2.05, 4.69) is 34.0 Å². The number of nitrogens with zero attached hydrogens (tertiary/aromatic N) is 3. The smallest absolute Gasteiger partial charge is 0.128 e. The van der Waals surface area contributed by atoms with E-state index >= 15 is 0 Å². The Morgan fingerprint density at radius 2 is 1.95 bits per heavy atom. The number of piperazine rings is 1. The van der Waals surface area contributed by atoms with Crippen LogP contribution in [0, 0.1) is 0 Å². The van der Waals surface area contributed by atoms with E-state index in [9.17, 15) is 0 Å². The maximum Gasteiger partial charge on any atom is 0.128 e. The number of likely N-dealkylation sites (N-methyl/N-ethyl adjacent to an activating group) is 1. The molecule has 0 spiro atoms. The van der Waals surface area contributed by atoms with E-state index in [-0.39, 0.29) is 0 Å². The average Bonchev–Trinajstić information content (AvgIpc) is 2.51. The topological polar surface area (TPSA) is 37.8 Å². The Kier molecular flexibility index (Phi) is 5.89. The van der Waals surface area contributed by atoms with Crippen molar-refractivity contribution in [3.8, 4) is 0 Å². The number of hydrogen-bond acceptors (Lipinski definition) is 5. The molecule has 0 atom stereocenters. The van der Waals surface area contributed by atoms with Gasteiger partial charge >= 0.3 is 0 Å². The summed E-state index contributed by atoms with van der Waals surface area (Å²) in [6, 6.07) is 4.32. The molecule has 3 rings (SSSR count). The van der Waals surface area contributed by atoms with Crippen molar-refractivity contribution in [2.24, 2.45) is 0 Å². The molecule has 0 amide bonds. The SMILES string of the molecule is CN1CCN(c2ccc(CCOC3CC(OI)C3)cn2)CC1. The van der Waals surface area contributed by atoms with Crippen LogP contribution in [-0.2, 0) is 14.2 Å². The van der Waals surface area contributed by atoms with Crippen LogP contribution < -0.4 is 4.90 Å². The van der Waals surface area contributed by atoms with Crippen LogP contribution in [0.3, 0.4) is 0 Å². The van der Waals surface area contributed by atoms with Crippen molar-refractivity contribution < 1.29 is 7.80 Å². The first-order chi connectivity index (χ1) is 10.7. The summed E-state index contributed by atoms with van der Waals surface area (Å²) in [6.45, 7) is 5.12. The lowest BCUT2D eigenvalue weighted by Gasteiger charge is -2.33. The van der Waals surface area contributed by atoms with Gasteiger partial charge in [0.2, 0.25) is 0 Å². The Morgan fingerprint density at radius 1 is 1.18 bits per heavy atom. The first-order valence-corrected chi connectivity index (χ1v) is 8.90. The van der Waals surface area contributed by atoms with Crippen molar-refractivity contribution in [1.82, 2.24) is 9.88 Å². The summed E-state index contributed by atoms with van der Waals surface area (Å²) in [5, 5.41) is 0. The van der Waals surface area contributed by atoms with E-state index in [1.807, 2.05) is 29.2 Å². The van der Waals surface area contributed by atoms with Gasteiger partial charge in [0.15, 0.2) is 0 Å². The van der Waals surface area contributed by atoms with Gasteiger partial charge in [0.1, 0.15) is 28.8 Å². The number of anilines is 1. The maximum atomic E-state index is 5.85. The lowest BCUT2D eigenvalue weighted by molar-refractivity contribution is -0.0471. The van der Waals surface area contributed by atoms with Crippen molar-refractivity contribution >= 4 is 28.8 Å². The number of ether oxygens (including phenoxy) is 1. The Labute approximate surface area is 146 Å². The highest BCUT2D eigenvalue weighted by Crippen LogP contribution is 2.27. The predicted octanol–water partition coefficient (Wildman–Crippen LogP) is 2.29. The van der Waals surface area contributed by atoms with Crippen LogP contribution in [0.25, 0.3) is 0 Å². The summed E-state index contributed by atoms with van der Waals surface area (Å²) in [4.78, 5) is 9.33. The third kappa shape index (κ3) is 4.31. The van der Waals surface area contributed by atoms with Crippen LogP contribution in [0.4, 0.5) is 5.82 Å². The van der Waals surface area contributed by atoms with Gasteiger partial charge in [-0.3, -0.25) is 0 Å². The third-order valence-electron chi connectivity index (χ3n) is 4.56. The summed E-state index contributed by atoms with van der Waals surface area (Å²) in [7, 11) is 2.17. The second-order valence-corrected chi connectivity index (χ2v) is 6.75. The Balaban J connectivity index is 1.40. The molecule has 1 aliphatic carbocycles. The molecule has 2 aliphatic rings. The van der Waals surface area contributed by atoms with Gasteiger partial charge < -0.3 is 17.6 Å². The molecule has 1 saturated heterocycles. The highest BCUT2D eigenvalue weighted by Gasteiger charge is 2.30. The van der Waals surface area contributed by atoms with Gasteiger partial charge in [-0.05, 0) is 25.1 Å². The van der Waals surface area contributed by atoms with Gasteiger partial charge in [-0.2, -0.15) is 0 Å². The fourth-order valence-corrected chi connectivity index (χ4v) is 3.27. The van der Waals surface area contributed by atoms with Gasteiger partial charge in [-0.1, -0.05) is 6.07 Å². The average molecular weight is 417 g/mol. The van der Waals surface area contributed by atoms with E-state index in [1.54, 1.807) is 0 Å². The minimum Gasteiger partial charge on any atom is -0.378 e. The number of aromatic nitrogens is 1.